The fourth-order valence-electron chi connectivity index (χ4n) is 2.25. The smallest absolute Gasteiger partial charge is 0.196 e. The summed E-state index contributed by atoms with van der Waals surface area (Å²) < 4.78 is 0. The summed E-state index contributed by atoms with van der Waals surface area (Å²) in [4.78, 5) is 16.3. The molecule has 0 unspecified atom stereocenters. The molecule has 0 bridgehead atoms. The van der Waals surface area contributed by atoms with E-state index in [2.05, 4.69) is 40.8 Å². The number of nitrogens with zero attached hydrogens (tertiary/aromatic N) is 4. The molecule has 2 heterocycles. The Balaban J connectivity index is 0.000000232. The highest BCUT2D eigenvalue weighted by molar-refractivity contribution is 5.85. The van der Waals surface area contributed by atoms with Crippen molar-refractivity contribution in [1.82, 2.24) is 25.6 Å². The number of aliphatic imine (C=N–C) groups is 1. The topological polar surface area (TPSA) is 100 Å². The Labute approximate surface area is 123 Å². The van der Waals surface area contributed by atoms with Crippen molar-refractivity contribution in [1.29, 1.82) is 0 Å². The molecule has 1 aliphatic rings. The molecule has 2 aromatic rings. The van der Waals surface area contributed by atoms with Gasteiger partial charge in [0.25, 0.3) is 0 Å². The highest BCUT2D eigenvalue weighted by Crippen LogP contribution is 2.24. The van der Waals surface area contributed by atoms with Gasteiger partial charge in [-0.25, -0.2) is 9.97 Å². The third-order valence-corrected chi connectivity index (χ3v) is 3.22. The lowest BCUT2D eigenvalue weighted by molar-refractivity contribution is 0.222. The minimum absolute atomic E-state index is 0.568. The zero-order chi connectivity index (χ0) is 14.9. The van der Waals surface area contributed by atoms with Crippen molar-refractivity contribution in [2.24, 2.45) is 4.99 Å². The van der Waals surface area contributed by atoms with Crippen LogP contribution in [0.5, 0.6) is 0 Å². The molecule has 114 valence electrons. The first-order valence-corrected chi connectivity index (χ1v) is 6.98. The largest absolute Gasteiger partial charge is 0.397 e. The Morgan fingerprint density at radius 3 is 2.86 bits per heavy atom. The second-order valence-electron chi connectivity index (χ2n) is 4.67. The van der Waals surface area contributed by atoms with Gasteiger partial charge >= 0.3 is 0 Å². The van der Waals surface area contributed by atoms with E-state index in [0.717, 1.165) is 16.9 Å². The summed E-state index contributed by atoms with van der Waals surface area (Å²) in [7, 11) is 3.30. The van der Waals surface area contributed by atoms with Crippen molar-refractivity contribution < 1.29 is 4.84 Å². The first kappa shape index (κ1) is 15.2. The highest BCUT2D eigenvalue weighted by atomic mass is 16.6. The minimum atomic E-state index is 0.568. The van der Waals surface area contributed by atoms with Crippen LogP contribution in [0.15, 0.2) is 17.5 Å². The van der Waals surface area contributed by atoms with Crippen LogP contribution >= 0.6 is 0 Å². The van der Waals surface area contributed by atoms with Crippen LogP contribution in [0.25, 0.3) is 11.0 Å². The lowest BCUT2D eigenvalue weighted by Gasteiger charge is -2.12. The Morgan fingerprint density at radius 2 is 2.19 bits per heavy atom. The van der Waals surface area contributed by atoms with Crippen LogP contribution in [0, 0.1) is 0 Å². The lowest BCUT2D eigenvalue weighted by atomic mass is 10.2. The van der Waals surface area contributed by atoms with E-state index in [1.165, 1.54) is 32.1 Å². The number of rotatable bonds is 4. The van der Waals surface area contributed by atoms with E-state index in [-0.39, 0.29) is 0 Å². The average molecular weight is 291 g/mol. The number of nitrogens with one attached hydrogen (secondary N) is 3. The molecule has 0 atom stereocenters. The number of hydrogen-bond donors (Lipinski definition) is 3. The maximum Gasteiger partial charge on any atom is 0.196 e. The first-order valence-electron chi connectivity index (χ1n) is 6.98. The SMILES string of the molecule is CN=CONC.c1nc(NC2CCCC2)c2cn[nH]c2n1. The molecule has 1 saturated carbocycles. The van der Waals surface area contributed by atoms with Crippen molar-refractivity contribution in [3.05, 3.63) is 12.5 Å². The Hall–Kier alpha value is -2.22. The zero-order valence-electron chi connectivity index (χ0n) is 12.3. The van der Waals surface area contributed by atoms with E-state index >= 15 is 0 Å². The van der Waals surface area contributed by atoms with Gasteiger partial charge in [0.2, 0.25) is 0 Å². The van der Waals surface area contributed by atoms with E-state index in [1.807, 2.05) is 0 Å². The van der Waals surface area contributed by atoms with Gasteiger partial charge < -0.3 is 10.2 Å². The van der Waals surface area contributed by atoms with Crippen LogP contribution in [-0.2, 0) is 4.84 Å². The van der Waals surface area contributed by atoms with Gasteiger partial charge in [-0.2, -0.15) is 10.6 Å². The number of aromatic amines is 1. The van der Waals surface area contributed by atoms with E-state index in [9.17, 15) is 0 Å². The van der Waals surface area contributed by atoms with Crippen molar-refractivity contribution in [3.8, 4) is 0 Å². The molecule has 0 saturated heterocycles. The lowest BCUT2D eigenvalue weighted by Crippen LogP contribution is -2.15. The number of H-pyrrole nitrogens is 1. The average Bonchev–Trinajstić information content (AvgIpc) is 3.17. The summed E-state index contributed by atoms with van der Waals surface area (Å²) in [5.41, 5.74) is 3.22. The summed E-state index contributed by atoms with van der Waals surface area (Å²) in [6.07, 6.45) is 9.77. The molecule has 1 aliphatic carbocycles. The van der Waals surface area contributed by atoms with E-state index in [1.54, 1.807) is 26.6 Å². The van der Waals surface area contributed by atoms with E-state index in [4.69, 9.17) is 0 Å². The fourth-order valence-corrected chi connectivity index (χ4v) is 2.25. The maximum atomic E-state index is 4.44. The zero-order valence-corrected chi connectivity index (χ0v) is 12.3. The number of hydrogen-bond acceptors (Lipinski definition) is 7. The summed E-state index contributed by atoms with van der Waals surface area (Å²) in [5, 5.41) is 11.2. The number of hydroxylamine groups is 1. The van der Waals surface area contributed by atoms with Crippen LogP contribution in [0.1, 0.15) is 25.7 Å². The molecular formula is C13H21N7O. The van der Waals surface area contributed by atoms with Gasteiger partial charge in [0, 0.05) is 20.1 Å². The summed E-state index contributed by atoms with van der Waals surface area (Å²) in [6.45, 7) is 0. The van der Waals surface area contributed by atoms with Gasteiger partial charge in [0.1, 0.15) is 12.1 Å². The van der Waals surface area contributed by atoms with Crippen molar-refractivity contribution in [2.45, 2.75) is 31.7 Å². The second-order valence-corrected chi connectivity index (χ2v) is 4.67. The molecule has 1 fully saturated rings. The predicted octanol–water partition coefficient (Wildman–Crippen LogP) is 1.50. The predicted molar refractivity (Wildman–Crippen MR) is 82.1 cm³/mol. The fraction of sp³-hybridized carbons (Fsp3) is 0.538. The second kappa shape index (κ2) is 8.15. The maximum absolute atomic E-state index is 4.44. The van der Waals surface area contributed by atoms with E-state index in [0.29, 0.717) is 6.04 Å². The third-order valence-electron chi connectivity index (χ3n) is 3.22. The molecule has 0 aliphatic heterocycles. The summed E-state index contributed by atoms with van der Waals surface area (Å²) >= 11 is 0. The van der Waals surface area contributed by atoms with Gasteiger partial charge in [0.15, 0.2) is 12.0 Å². The standard InChI is InChI=1S/C10H13N5.C3H8N2O/c1-2-4-7(3-1)14-9-8-5-13-15-10(8)12-6-11-9;1-4-3-6-5-2/h5-7H,1-4H2,(H2,11,12,13,14,15);3,5H,1-2H3. The van der Waals surface area contributed by atoms with E-state index < -0.39 is 0 Å². The Kier molecular flexibility index (Phi) is 5.89. The summed E-state index contributed by atoms with van der Waals surface area (Å²) in [5.74, 6) is 0.903. The number of fused-ring (bicyclic) bond motifs is 1. The Morgan fingerprint density at radius 1 is 1.38 bits per heavy atom. The van der Waals surface area contributed by atoms with Gasteiger partial charge in [0.05, 0.1) is 11.6 Å². The molecule has 3 rings (SSSR count). The van der Waals surface area contributed by atoms with Crippen molar-refractivity contribution in [3.63, 3.8) is 0 Å². The first-order chi connectivity index (χ1) is 10.3. The molecule has 3 N–H and O–H groups in total. The van der Waals surface area contributed by atoms with Crippen molar-refractivity contribution >= 4 is 23.3 Å². The minimum Gasteiger partial charge on any atom is -0.397 e. The van der Waals surface area contributed by atoms with Crippen molar-refractivity contribution in [2.75, 3.05) is 19.4 Å². The molecule has 2 aromatic heterocycles. The molecule has 21 heavy (non-hydrogen) atoms. The monoisotopic (exact) mass is 291 g/mol. The quantitative estimate of drug-likeness (QED) is 0.448. The normalized spacial score (nSPS) is 15.1. The number of aromatic nitrogens is 4. The van der Waals surface area contributed by atoms with Gasteiger partial charge in [-0.3, -0.25) is 10.1 Å². The third kappa shape index (κ3) is 4.38. The molecule has 0 radical (unpaired) electrons. The summed E-state index contributed by atoms with van der Waals surface area (Å²) in [6, 6.07) is 0.568. The van der Waals surface area contributed by atoms with Crippen LogP contribution in [0.4, 0.5) is 5.82 Å². The molecule has 8 heteroatoms. The molecular weight excluding hydrogens is 270 g/mol. The molecule has 0 aromatic carbocycles. The van der Waals surface area contributed by atoms with Crippen LogP contribution in [0.3, 0.4) is 0 Å². The molecule has 8 nitrogen and oxygen atoms in total. The molecule has 0 amide bonds. The van der Waals surface area contributed by atoms with Crippen LogP contribution < -0.4 is 10.8 Å². The Bertz CT molecular complexity index is 562. The van der Waals surface area contributed by atoms with Gasteiger partial charge in [-0.15, -0.1) is 0 Å². The van der Waals surface area contributed by atoms with Crippen LogP contribution in [0.2, 0.25) is 0 Å². The molecule has 0 spiro atoms. The highest BCUT2D eigenvalue weighted by Gasteiger charge is 2.16. The number of anilines is 1. The van der Waals surface area contributed by atoms with Gasteiger partial charge in [-0.1, -0.05) is 12.8 Å². The van der Waals surface area contributed by atoms with Gasteiger partial charge in [-0.05, 0) is 12.8 Å². The van der Waals surface area contributed by atoms with Crippen LogP contribution in [-0.4, -0.2) is 46.7 Å².